The normalized spacial score (nSPS) is 38.4. The van der Waals surface area contributed by atoms with E-state index in [1.807, 2.05) is 19.9 Å². The number of rotatable bonds is 3. The van der Waals surface area contributed by atoms with Crippen molar-refractivity contribution in [3.8, 4) is 6.07 Å². The monoisotopic (exact) mass is 353 g/mol. The molecular weight excluding hydrogens is 326 g/mol. The fourth-order valence-corrected chi connectivity index (χ4v) is 5.94. The van der Waals surface area contributed by atoms with Crippen LogP contribution in [-0.4, -0.2) is 17.9 Å². The molecule has 0 aromatic rings. The van der Waals surface area contributed by atoms with Gasteiger partial charge in [-0.1, -0.05) is 39.3 Å². The predicted molar refractivity (Wildman–Crippen MR) is 97.9 cm³/mol. The Hall–Kier alpha value is -2.02. The molecule has 4 nitrogen and oxygen atoms in total. The SMILES string of the molecule is CC12CC[C@H]3C(C)(C)C(=O)C(C#N)=C[C@]3(C)C1=CC(=O)[C@H](CCC=O)C2. The van der Waals surface area contributed by atoms with Gasteiger partial charge in [0.05, 0.1) is 5.57 Å². The number of nitriles is 1. The minimum Gasteiger partial charge on any atom is -0.303 e. The van der Waals surface area contributed by atoms with Crippen LogP contribution in [0, 0.1) is 39.4 Å². The van der Waals surface area contributed by atoms with Gasteiger partial charge in [0.1, 0.15) is 12.4 Å². The highest BCUT2D eigenvalue weighted by molar-refractivity contribution is 6.04. The van der Waals surface area contributed by atoms with Gasteiger partial charge in [-0.3, -0.25) is 9.59 Å². The molecule has 0 saturated heterocycles. The maximum absolute atomic E-state index is 12.7. The van der Waals surface area contributed by atoms with Gasteiger partial charge in [0, 0.05) is 23.2 Å². The zero-order valence-electron chi connectivity index (χ0n) is 16.1. The number of carbonyl (C=O) groups excluding carboxylic acids is 3. The Morgan fingerprint density at radius 2 is 1.96 bits per heavy atom. The molecule has 3 rings (SSSR count). The highest BCUT2D eigenvalue weighted by atomic mass is 16.1. The Morgan fingerprint density at radius 1 is 1.27 bits per heavy atom. The van der Waals surface area contributed by atoms with Gasteiger partial charge < -0.3 is 4.79 Å². The molecule has 0 amide bonds. The first-order valence-corrected chi connectivity index (χ1v) is 9.48. The number of aldehydes is 1. The van der Waals surface area contributed by atoms with E-state index in [2.05, 4.69) is 19.9 Å². The van der Waals surface area contributed by atoms with Crippen molar-refractivity contribution in [1.82, 2.24) is 0 Å². The van der Waals surface area contributed by atoms with E-state index in [1.165, 1.54) is 0 Å². The number of Topliss-reactive ketones (excluding diaryl/α,β-unsaturated/α-hetero) is 1. The van der Waals surface area contributed by atoms with Gasteiger partial charge in [0.2, 0.25) is 0 Å². The van der Waals surface area contributed by atoms with Gasteiger partial charge in [0.15, 0.2) is 11.6 Å². The molecule has 0 aromatic heterocycles. The van der Waals surface area contributed by atoms with Gasteiger partial charge in [-0.2, -0.15) is 5.26 Å². The Morgan fingerprint density at radius 3 is 2.58 bits per heavy atom. The first-order valence-electron chi connectivity index (χ1n) is 9.48. The summed E-state index contributed by atoms with van der Waals surface area (Å²) in [5, 5.41) is 9.49. The Balaban J connectivity index is 2.12. The van der Waals surface area contributed by atoms with E-state index in [0.29, 0.717) is 12.8 Å². The van der Waals surface area contributed by atoms with Crippen molar-refractivity contribution in [2.45, 2.75) is 59.8 Å². The molecule has 0 aliphatic heterocycles. The number of hydrogen-bond donors (Lipinski definition) is 0. The molecule has 3 aliphatic rings. The van der Waals surface area contributed by atoms with Crippen LogP contribution in [0.15, 0.2) is 23.3 Å². The van der Waals surface area contributed by atoms with Crippen LogP contribution in [0.4, 0.5) is 0 Å². The molecule has 4 atom stereocenters. The molecule has 138 valence electrons. The molecule has 0 heterocycles. The lowest BCUT2D eigenvalue weighted by molar-refractivity contribution is -0.131. The zero-order chi connectivity index (χ0) is 19.3. The fourth-order valence-electron chi connectivity index (χ4n) is 5.94. The molecular formula is C22H27NO3. The Labute approximate surface area is 155 Å². The van der Waals surface area contributed by atoms with Crippen molar-refractivity contribution in [3.05, 3.63) is 23.3 Å². The van der Waals surface area contributed by atoms with Gasteiger partial charge in [-0.15, -0.1) is 0 Å². The second kappa shape index (κ2) is 6.01. The number of hydrogen-bond acceptors (Lipinski definition) is 4. The number of fused-ring (bicyclic) bond motifs is 3. The van der Waals surface area contributed by atoms with E-state index in [9.17, 15) is 19.6 Å². The molecule has 0 aromatic carbocycles. The maximum atomic E-state index is 12.7. The van der Waals surface area contributed by atoms with Crippen LogP contribution < -0.4 is 0 Å². The lowest BCUT2D eigenvalue weighted by Gasteiger charge is -2.58. The van der Waals surface area contributed by atoms with Crippen LogP contribution in [0.2, 0.25) is 0 Å². The van der Waals surface area contributed by atoms with Crippen LogP contribution in [0.5, 0.6) is 0 Å². The summed E-state index contributed by atoms with van der Waals surface area (Å²) >= 11 is 0. The van der Waals surface area contributed by atoms with E-state index < -0.39 is 10.8 Å². The predicted octanol–water partition coefficient (Wildman–Crippen LogP) is 3.96. The van der Waals surface area contributed by atoms with E-state index in [0.717, 1.165) is 31.1 Å². The first-order chi connectivity index (χ1) is 12.1. The van der Waals surface area contributed by atoms with Gasteiger partial charge >= 0.3 is 0 Å². The number of nitrogens with zero attached hydrogens (tertiary/aromatic N) is 1. The number of allylic oxidation sites excluding steroid dienone is 4. The summed E-state index contributed by atoms with van der Waals surface area (Å²) in [6.07, 6.45) is 8.07. The number of ketones is 2. The smallest absolute Gasteiger partial charge is 0.178 e. The third-order valence-electron chi connectivity index (χ3n) is 7.22. The van der Waals surface area contributed by atoms with E-state index in [4.69, 9.17) is 0 Å². The van der Waals surface area contributed by atoms with Crippen LogP contribution in [0.1, 0.15) is 59.8 Å². The van der Waals surface area contributed by atoms with Crippen LogP contribution in [0.3, 0.4) is 0 Å². The molecule has 1 unspecified atom stereocenters. The average Bonchev–Trinajstić information content (AvgIpc) is 2.58. The lowest BCUT2D eigenvalue weighted by atomic mass is 9.44. The Bertz CT molecular complexity index is 782. The standard InChI is InChI=1S/C22H27NO3/c1-20(2)17-7-8-21(3)11-14(6-5-9-24)16(25)10-18(21)22(17,4)12-15(13-23)19(20)26/h9-10,12,14,17H,5-8,11H2,1-4H3/t14-,17+,21?,22+/m1/s1. The van der Waals surface area contributed by atoms with Crippen LogP contribution in [-0.2, 0) is 14.4 Å². The minimum absolute atomic E-state index is 0.0817. The largest absolute Gasteiger partial charge is 0.303 e. The van der Waals surface area contributed by atoms with Gasteiger partial charge in [-0.05, 0) is 43.1 Å². The van der Waals surface area contributed by atoms with Crippen molar-refractivity contribution < 1.29 is 14.4 Å². The van der Waals surface area contributed by atoms with Crippen LogP contribution in [0.25, 0.3) is 0 Å². The summed E-state index contributed by atoms with van der Waals surface area (Å²) < 4.78 is 0. The van der Waals surface area contributed by atoms with E-state index >= 15 is 0 Å². The Kier molecular flexibility index (Phi) is 4.34. The quantitative estimate of drug-likeness (QED) is 0.720. The third kappa shape index (κ3) is 2.52. The molecule has 0 spiro atoms. The summed E-state index contributed by atoms with van der Waals surface area (Å²) in [4.78, 5) is 36.2. The lowest BCUT2D eigenvalue weighted by Crippen LogP contribution is -2.54. The molecule has 26 heavy (non-hydrogen) atoms. The fraction of sp³-hybridized carbons (Fsp3) is 0.636. The van der Waals surface area contributed by atoms with E-state index in [-0.39, 0.29) is 34.4 Å². The third-order valence-corrected chi connectivity index (χ3v) is 7.22. The second-order valence-electron chi connectivity index (χ2n) is 9.26. The van der Waals surface area contributed by atoms with Gasteiger partial charge in [-0.25, -0.2) is 0 Å². The molecule has 1 saturated carbocycles. The summed E-state index contributed by atoms with van der Waals surface area (Å²) in [5.74, 6) is -0.0227. The molecule has 0 N–H and O–H groups in total. The molecule has 4 heteroatoms. The van der Waals surface area contributed by atoms with Crippen molar-refractivity contribution in [2.75, 3.05) is 0 Å². The van der Waals surface area contributed by atoms with E-state index in [1.54, 1.807) is 6.08 Å². The summed E-state index contributed by atoms with van der Waals surface area (Å²) in [6, 6.07) is 2.08. The van der Waals surface area contributed by atoms with Crippen molar-refractivity contribution in [1.29, 1.82) is 5.26 Å². The zero-order valence-corrected chi connectivity index (χ0v) is 16.1. The highest BCUT2D eigenvalue weighted by Gasteiger charge is 2.59. The van der Waals surface area contributed by atoms with Gasteiger partial charge in [0.25, 0.3) is 0 Å². The topological polar surface area (TPSA) is 75.0 Å². The minimum atomic E-state index is -0.617. The molecule has 0 radical (unpaired) electrons. The summed E-state index contributed by atoms with van der Waals surface area (Å²) in [5.41, 5.74) is 0.0890. The molecule has 1 fully saturated rings. The summed E-state index contributed by atoms with van der Waals surface area (Å²) in [7, 11) is 0. The van der Waals surface area contributed by atoms with Crippen molar-refractivity contribution in [2.24, 2.45) is 28.1 Å². The maximum Gasteiger partial charge on any atom is 0.178 e. The average molecular weight is 353 g/mol. The first kappa shape index (κ1) is 18.8. The number of carbonyl (C=O) groups is 3. The van der Waals surface area contributed by atoms with Crippen LogP contribution >= 0.6 is 0 Å². The molecule has 3 aliphatic carbocycles. The highest BCUT2D eigenvalue weighted by Crippen LogP contribution is 2.64. The second-order valence-corrected chi connectivity index (χ2v) is 9.26. The summed E-state index contributed by atoms with van der Waals surface area (Å²) in [6.45, 7) is 8.15. The van der Waals surface area contributed by atoms with Crippen molar-refractivity contribution in [3.63, 3.8) is 0 Å². The molecule has 0 bridgehead atoms. The van der Waals surface area contributed by atoms with Crippen molar-refractivity contribution >= 4 is 17.9 Å².